The SMILES string of the molecule is CC(C)CCN(CCNC1CCCC1)CCC(C)C. The van der Waals surface area contributed by atoms with Crippen LogP contribution in [-0.2, 0) is 0 Å². The summed E-state index contributed by atoms with van der Waals surface area (Å²) in [5.74, 6) is 1.65. The Kier molecular flexibility index (Phi) is 8.72. The first-order valence-corrected chi connectivity index (χ1v) is 8.53. The molecule has 0 amide bonds. The first kappa shape index (κ1) is 17.0. The lowest BCUT2D eigenvalue weighted by atomic mass is 10.1. The Hall–Kier alpha value is -0.0800. The van der Waals surface area contributed by atoms with Gasteiger partial charge in [0, 0.05) is 19.1 Å². The van der Waals surface area contributed by atoms with E-state index in [0.29, 0.717) is 0 Å². The summed E-state index contributed by atoms with van der Waals surface area (Å²) >= 11 is 0. The van der Waals surface area contributed by atoms with Crippen molar-refractivity contribution in [3.8, 4) is 0 Å². The van der Waals surface area contributed by atoms with E-state index in [9.17, 15) is 0 Å². The second-order valence-corrected chi connectivity index (χ2v) is 7.14. The fourth-order valence-corrected chi connectivity index (χ4v) is 2.77. The lowest BCUT2D eigenvalue weighted by molar-refractivity contribution is 0.240. The number of hydrogen-bond acceptors (Lipinski definition) is 2. The van der Waals surface area contributed by atoms with E-state index in [0.717, 1.165) is 17.9 Å². The predicted octanol–water partition coefficient (Wildman–Crippen LogP) is 3.91. The predicted molar refractivity (Wildman–Crippen MR) is 85.6 cm³/mol. The monoisotopic (exact) mass is 268 g/mol. The third kappa shape index (κ3) is 8.65. The van der Waals surface area contributed by atoms with Crippen molar-refractivity contribution in [1.82, 2.24) is 10.2 Å². The molecule has 0 spiro atoms. The summed E-state index contributed by atoms with van der Waals surface area (Å²) in [6.07, 6.45) is 8.34. The standard InChI is InChI=1S/C17H36N2/c1-15(2)9-12-19(13-10-16(3)4)14-11-18-17-7-5-6-8-17/h15-18H,5-14H2,1-4H3. The van der Waals surface area contributed by atoms with Crippen LogP contribution in [0.3, 0.4) is 0 Å². The van der Waals surface area contributed by atoms with Gasteiger partial charge in [0.2, 0.25) is 0 Å². The zero-order valence-electron chi connectivity index (χ0n) is 13.8. The number of nitrogens with one attached hydrogen (secondary N) is 1. The molecule has 1 aliphatic rings. The van der Waals surface area contributed by atoms with Gasteiger partial charge in [-0.05, 0) is 50.6 Å². The summed E-state index contributed by atoms with van der Waals surface area (Å²) in [5, 5.41) is 3.75. The average Bonchev–Trinajstić information content (AvgIpc) is 2.84. The first-order chi connectivity index (χ1) is 9.08. The van der Waals surface area contributed by atoms with Crippen molar-refractivity contribution in [2.24, 2.45) is 11.8 Å². The van der Waals surface area contributed by atoms with Crippen LogP contribution >= 0.6 is 0 Å². The summed E-state index contributed by atoms with van der Waals surface area (Å²) in [6, 6.07) is 0.817. The molecule has 0 atom stereocenters. The van der Waals surface area contributed by atoms with Gasteiger partial charge in [-0.2, -0.15) is 0 Å². The van der Waals surface area contributed by atoms with Gasteiger partial charge in [0.15, 0.2) is 0 Å². The summed E-state index contributed by atoms with van der Waals surface area (Å²) < 4.78 is 0. The topological polar surface area (TPSA) is 15.3 Å². The summed E-state index contributed by atoms with van der Waals surface area (Å²) in [6.45, 7) is 14.3. The van der Waals surface area contributed by atoms with E-state index in [1.807, 2.05) is 0 Å². The Morgan fingerprint density at radius 1 is 0.895 bits per heavy atom. The minimum absolute atomic E-state index is 0.817. The molecular weight excluding hydrogens is 232 g/mol. The van der Waals surface area contributed by atoms with Gasteiger partial charge in [-0.1, -0.05) is 40.5 Å². The number of rotatable bonds is 10. The highest BCUT2D eigenvalue weighted by Crippen LogP contribution is 2.17. The smallest absolute Gasteiger partial charge is 0.0107 e. The molecule has 0 radical (unpaired) electrons. The first-order valence-electron chi connectivity index (χ1n) is 8.53. The molecule has 0 aliphatic heterocycles. The molecule has 0 bridgehead atoms. The molecule has 0 aromatic heterocycles. The van der Waals surface area contributed by atoms with Crippen molar-refractivity contribution in [3.63, 3.8) is 0 Å². The molecule has 19 heavy (non-hydrogen) atoms. The lowest BCUT2D eigenvalue weighted by Gasteiger charge is -2.25. The van der Waals surface area contributed by atoms with E-state index < -0.39 is 0 Å². The van der Waals surface area contributed by atoms with Crippen LogP contribution in [0, 0.1) is 11.8 Å². The minimum atomic E-state index is 0.817. The molecule has 1 fully saturated rings. The van der Waals surface area contributed by atoms with Gasteiger partial charge in [-0.3, -0.25) is 0 Å². The quantitative estimate of drug-likeness (QED) is 0.646. The third-order valence-electron chi connectivity index (χ3n) is 4.26. The Morgan fingerprint density at radius 2 is 1.42 bits per heavy atom. The summed E-state index contributed by atoms with van der Waals surface area (Å²) in [5.41, 5.74) is 0. The zero-order chi connectivity index (χ0) is 14.1. The molecule has 1 rings (SSSR count). The van der Waals surface area contributed by atoms with Gasteiger partial charge in [0.05, 0.1) is 0 Å². The van der Waals surface area contributed by atoms with Crippen LogP contribution in [0.5, 0.6) is 0 Å². The van der Waals surface area contributed by atoms with E-state index in [1.54, 1.807) is 0 Å². The summed E-state index contributed by atoms with van der Waals surface area (Å²) in [7, 11) is 0. The fraction of sp³-hybridized carbons (Fsp3) is 1.00. The van der Waals surface area contributed by atoms with E-state index in [-0.39, 0.29) is 0 Å². The van der Waals surface area contributed by atoms with Crippen LogP contribution in [0.4, 0.5) is 0 Å². The highest BCUT2D eigenvalue weighted by atomic mass is 15.1. The largest absolute Gasteiger partial charge is 0.313 e. The highest BCUT2D eigenvalue weighted by Gasteiger charge is 2.14. The van der Waals surface area contributed by atoms with Crippen LogP contribution in [0.25, 0.3) is 0 Å². The molecule has 0 unspecified atom stereocenters. The molecule has 2 heteroatoms. The zero-order valence-corrected chi connectivity index (χ0v) is 13.8. The molecule has 2 nitrogen and oxygen atoms in total. The van der Waals surface area contributed by atoms with Gasteiger partial charge in [-0.15, -0.1) is 0 Å². The normalized spacial score (nSPS) is 17.2. The maximum atomic E-state index is 3.75. The Bertz CT molecular complexity index is 195. The minimum Gasteiger partial charge on any atom is -0.313 e. The second kappa shape index (κ2) is 9.77. The van der Waals surface area contributed by atoms with Crippen molar-refractivity contribution in [3.05, 3.63) is 0 Å². The van der Waals surface area contributed by atoms with E-state index in [1.165, 1.54) is 64.7 Å². The highest BCUT2D eigenvalue weighted by molar-refractivity contribution is 4.74. The van der Waals surface area contributed by atoms with E-state index in [2.05, 4.69) is 37.9 Å². The van der Waals surface area contributed by atoms with Crippen LogP contribution in [0.1, 0.15) is 66.2 Å². The molecular formula is C17H36N2. The molecule has 0 aromatic rings. The maximum absolute atomic E-state index is 3.75. The van der Waals surface area contributed by atoms with Crippen molar-refractivity contribution < 1.29 is 0 Å². The van der Waals surface area contributed by atoms with Gasteiger partial charge < -0.3 is 10.2 Å². The lowest BCUT2D eigenvalue weighted by Crippen LogP contribution is -2.37. The molecule has 114 valence electrons. The van der Waals surface area contributed by atoms with Crippen molar-refractivity contribution in [2.75, 3.05) is 26.2 Å². The van der Waals surface area contributed by atoms with E-state index >= 15 is 0 Å². The van der Waals surface area contributed by atoms with E-state index in [4.69, 9.17) is 0 Å². The molecule has 1 aliphatic carbocycles. The van der Waals surface area contributed by atoms with Gasteiger partial charge in [0.1, 0.15) is 0 Å². The molecule has 0 heterocycles. The molecule has 1 N–H and O–H groups in total. The van der Waals surface area contributed by atoms with Crippen molar-refractivity contribution in [2.45, 2.75) is 72.3 Å². The van der Waals surface area contributed by atoms with Crippen LogP contribution in [0.2, 0.25) is 0 Å². The average molecular weight is 268 g/mol. The van der Waals surface area contributed by atoms with Gasteiger partial charge >= 0.3 is 0 Å². The molecule has 1 saturated carbocycles. The van der Waals surface area contributed by atoms with Gasteiger partial charge in [-0.25, -0.2) is 0 Å². The van der Waals surface area contributed by atoms with Crippen LogP contribution in [0.15, 0.2) is 0 Å². The number of nitrogens with zero attached hydrogens (tertiary/aromatic N) is 1. The Morgan fingerprint density at radius 3 is 1.89 bits per heavy atom. The third-order valence-corrected chi connectivity index (χ3v) is 4.26. The van der Waals surface area contributed by atoms with Crippen LogP contribution in [-0.4, -0.2) is 37.1 Å². The van der Waals surface area contributed by atoms with Crippen molar-refractivity contribution >= 4 is 0 Å². The summed E-state index contributed by atoms with van der Waals surface area (Å²) in [4.78, 5) is 2.67. The second-order valence-electron chi connectivity index (χ2n) is 7.14. The number of hydrogen-bond donors (Lipinski definition) is 1. The van der Waals surface area contributed by atoms with Crippen LogP contribution < -0.4 is 5.32 Å². The fourth-order valence-electron chi connectivity index (χ4n) is 2.77. The molecule has 0 aromatic carbocycles. The Labute approximate surface area is 121 Å². The van der Waals surface area contributed by atoms with Gasteiger partial charge in [0.25, 0.3) is 0 Å². The maximum Gasteiger partial charge on any atom is 0.0107 e. The Balaban J connectivity index is 2.17. The van der Waals surface area contributed by atoms with Crippen molar-refractivity contribution in [1.29, 1.82) is 0 Å². The molecule has 0 saturated heterocycles.